The number of carboxylic acids is 1. The van der Waals surface area contributed by atoms with Gasteiger partial charge in [-0.2, -0.15) is 0 Å². The Morgan fingerprint density at radius 1 is 1.47 bits per heavy atom. The Morgan fingerprint density at radius 2 is 2.11 bits per heavy atom. The Labute approximate surface area is 110 Å². The molecule has 0 aliphatic carbocycles. The van der Waals surface area contributed by atoms with Crippen LogP contribution in [0.5, 0.6) is 5.75 Å². The van der Waals surface area contributed by atoms with Crippen LogP contribution < -0.4 is 4.74 Å². The number of benzene rings is 1. The van der Waals surface area contributed by atoms with Gasteiger partial charge in [-0.05, 0) is 24.6 Å². The minimum Gasteiger partial charge on any atom is -0.494 e. The minimum atomic E-state index is -1.08. The predicted molar refractivity (Wildman–Crippen MR) is 66.8 cm³/mol. The van der Waals surface area contributed by atoms with E-state index in [4.69, 9.17) is 9.84 Å². The zero-order valence-corrected chi connectivity index (χ0v) is 11.0. The highest BCUT2D eigenvalue weighted by Gasteiger charge is 2.26. The van der Waals surface area contributed by atoms with E-state index in [9.17, 15) is 14.0 Å². The van der Waals surface area contributed by atoms with Gasteiger partial charge < -0.3 is 14.7 Å². The minimum absolute atomic E-state index is 0.0531. The van der Waals surface area contributed by atoms with Gasteiger partial charge in [0.05, 0.1) is 7.11 Å². The fourth-order valence-corrected chi connectivity index (χ4v) is 1.75. The molecule has 0 aliphatic heterocycles. The van der Waals surface area contributed by atoms with Crippen LogP contribution in [0, 0.1) is 5.82 Å². The Bertz CT molecular complexity index is 490. The molecule has 19 heavy (non-hydrogen) atoms. The molecule has 0 bridgehead atoms. The lowest BCUT2D eigenvalue weighted by Gasteiger charge is -2.23. The number of carbonyl (C=O) groups excluding carboxylic acids is 1. The number of hydrogen-bond acceptors (Lipinski definition) is 3. The Hall–Kier alpha value is -2.11. The van der Waals surface area contributed by atoms with Crippen molar-refractivity contribution in [2.75, 3.05) is 14.2 Å². The van der Waals surface area contributed by atoms with Crippen LogP contribution in [0.3, 0.4) is 0 Å². The van der Waals surface area contributed by atoms with E-state index in [1.54, 1.807) is 6.92 Å². The van der Waals surface area contributed by atoms with Crippen LogP contribution in [0.25, 0.3) is 0 Å². The van der Waals surface area contributed by atoms with Crippen LogP contribution in [0.2, 0.25) is 0 Å². The predicted octanol–water partition coefficient (Wildman–Crippen LogP) is 1.77. The van der Waals surface area contributed by atoms with Crippen molar-refractivity contribution in [3.63, 3.8) is 0 Å². The lowest BCUT2D eigenvalue weighted by Crippen LogP contribution is -2.41. The average molecular weight is 269 g/mol. The first kappa shape index (κ1) is 14.9. The molecule has 1 N–H and O–H groups in total. The second kappa shape index (κ2) is 6.17. The molecule has 0 spiro atoms. The maximum atomic E-state index is 13.2. The number of methoxy groups -OCH3 is 1. The summed E-state index contributed by atoms with van der Waals surface area (Å²) in [6.45, 7) is 1.67. The molecule has 1 atom stereocenters. The number of halogens is 1. The molecule has 1 unspecified atom stereocenters. The van der Waals surface area contributed by atoms with Crippen molar-refractivity contribution < 1.29 is 23.8 Å². The SMILES string of the molecule is CCC(C(=O)O)N(C)C(=O)c1ccc(F)c(OC)c1. The van der Waals surface area contributed by atoms with Gasteiger partial charge in [0.15, 0.2) is 11.6 Å². The summed E-state index contributed by atoms with van der Waals surface area (Å²) >= 11 is 0. The molecule has 0 saturated carbocycles. The summed E-state index contributed by atoms with van der Waals surface area (Å²) < 4.78 is 18.0. The van der Waals surface area contributed by atoms with Crippen molar-refractivity contribution in [2.45, 2.75) is 19.4 Å². The van der Waals surface area contributed by atoms with E-state index in [-0.39, 0.29) is 17.7 Å². The monoisotopic (exact) mass is 269 g/mol. The van der Waals surface area contributed by atoms with E-state index in [0.29, 0.717) is 0 Å². The van der Waals surface area contributed by atoms with E-state index < -0.39 is 23.7 Å². The Morgan fingerprint density at radius 3 is 2.58 bits per heavy atom. The number of likely N-dealkylation sites (N-methyl/N-ethyl adjacent to an activating group) is 1. The Balaban J connectivity index is 3.02. The third kappa shape index (κ3) is 3.21. The number of ether oxygens (including phenoxy) is 1. The van der Waals surface area contributed by atoms with E-state index in [1.807, 2.05) is 0 Å². The fraction of sp³-hybridized carbons (Fsp3) is 0.385. The highest BCUT2D eigenvalue weighted by molar-refractivity contribution is 5.96. The first-order valence-corrected chi connectivity index (χ1v) is 5.75. The number of aliphatic carboxylic acids is 1. The summed E-state index contributed by atoms with van der Waals surface area (Å²) in [5, 5.41) is 9.01. The topological polar surface area (TPSA) is 66.8 Å². The zero-order chi connectivity index (χ0) is 14.6. The lowest BCUT2D eigenvalue weighted by molar-refractivity contribution is -0.142. The van der Waals surface area contributed by atoms with Gasteiger partial charge in [0, 0.05) is 12.6 Å². The molecular weight excluding hydrogens is 253 g/mol. The normalized spacial score (nSPS) is 11.8. The standard InChI is InChI=1S/C13H16FNO4/c1-4-10(13(17)18)15(2)12(16)8-5-6-9(14)11(7-8)19-3/h5-7,10H,4H2,1-3H3,(H,17,18). The summed E-state index contributed by atoms with van der Waals surface area (Å²) in [4.78, 5) is 24.2. The number of carbonyl (C=O) groups is 2. The summed E-state index contributed by atoms with van der Waals surface area (Å²) in [6, 6.07) is 2.75. The summed E-state index contributed by atoms with van der Waals surface area (Å²) in [7, 11) is 2.70. The largest absolute Gasteiger partial charge is 0.494 e. The molecule has 0 aliphatic rings. The number of rotatable bonds is 5. The molecule has 0 saturated heterocycles. The van der Waals surface area contributed by atoms with E-state index in [0.717, 1.165) is 11.0 Å². The highest BCUT2D eigenvalue weighted by Crippen LogP contribution is 2.20. The summed E-state index contributed by atoms with van der Waals surface area (Å²) in [5.74, 6) is -2.20. The summed E-state index contributed by atoms with van der Waals surface area (Å²) in [6.07, 6.45) is 0.288. The van der Waals surface area contributed by atoms with Crippen molar-refractivity contribution >= 4 is 11.9 Å². The van der Waals surface area contributed by atoms with Gasteiger partial charge in [-0.15, -0.1) is 0 Å². The summed E-state index contributed by atoms with van der Waals surface area (Å²) in [5.41, 5.74) is 0.181. The first-order chi connectivity index (χ1) is 8.92. The molecule has 6 heteroatoms. The highest BCUT2D eigenvalue weighted by atomic mass is 19.1. The molecule has 1 amide bonds. The quantitative estimate of drug-likeness (QED) is 0.884. The Kier molecular flexibility index (Phi) is 4.86. The zero-order valence-electron chi connectivity index (χ0n) is 11.0. The number of nitrogens with zero attached hydrogens (tertiary/aromatic N) is 1. The van der Waals surface area contributed by atoms with Crippen LogP contribution in [-0.2, 0) is 4.79 Å². The molecule has 1 rings (SSSR count). The van der Waals surface area contributed by atoms with Crippen LogP contribution in [0.15, 0.2) is 18.2 Å². The van der Waals surface area contributed by atoms with Gasteiger partial charge >= 0.3 is 5.97 Å². The number of carboxylic acid groups (broad SMARTS) is 1. The van der Waals surface area contributed by atoms with Gasteiger partial charge in [0.2, 0.25) is 0 Å². The molecular formula is C13H16FNO4. The van der Waals surface area contributed by atoms with Gasteiger partial charge in [-0.1, -0.05) is 6.92 Å². The number of hydrogen-bond donors (Lipinski definition) is 1. The van der Waals surface area contributed by atoms with Gasteiger partial charge in [-0.3, -0.25) is 4.79 Å². The fourth-order valence-electron chi connectivity index (χ4n) is 1.75. The maximum absolute atomic E-state index is 13.2. The van der Waals surface area contributed by atoms with Gasteiger partial charge in [-0.25, -0.2) is 9.18 Å². The third-order valence-corrected chi connectivity index (χ3v) is 2.86. The van der Waals surface area contributed by atoms with Crippen molar-refractivity contribution in [1.29, 1.82) is 0 Å². The van der Waals surface area contributed by atoms with E-state index >= 15 is 0 Å². The van der Waals surface area contributed by atoms with Crippen molar-refractivity contribution in [1.82, 2.24) is 4.90 Å². The second-order valence-electron chi connectivity index (χ2n) is 4.03. The molecule has 0 aromatic heterocycles. The van der Waals surface area contributed by atoms with Crippen molar-refractivity contribution in [3.8, 4) is 5.75 Å². The van der Waals surface area contributed by atoms with E-state index in [1.165, 1.54) is 26.3 Å². The molecule has 104 valence electrons. The molecule has 1 aromatic rings. The first-order valence-electron chi connectivity index (χ1n) is 5.75. The number of amides is 1. The average Bonchev–Trinajstić information content (AvgIpc) is 2.38. The van der Waals surface area contributed by atoms with Gasteiger partial charge in [0.1, 0.15) is 6.04 Å². The van der Waals surface area contributed by atoms with Crippen molar-refractivity contribution in [3.05, 3.63) is 29.6 Å². The third-order valence-electron chi connectivity index (χ3n) is 2.86. The second-order valence-corrected chi connectivity index (χ2v) is 4.03. The smallest absolute Gasteiger partial charge is 0.326 e. The molecule has 0 fully saturated rings. The molecule has 0 radical (unpaired) electrons. The molecule has 1 aromatic carbocycles. The van der Waals surface area contributed by atoms with Crippen LogP contribution in [0.4, 0.5) is 4.39 Å². The van der Waals surface area contributed by atoms with Crippen molar-refractivity contribution in [2.24, 2.45) is 0 Å². The van der Waals surface area contributed by atoms with E-state index in [2.05, 4.69) is 0 Å². The van der Waals surface area contributed by atoms with Crippen LogP contribution in [-0.4, -0.2) is 42.1 Å². The van der Waals surface area contributed by atoms with Crippen LogP contribution in [0.1, 0.15) is 23.7 Å². The molecule has 5 nitrogen and oxygen atoms in total. The molecule has 0 heterocycles. The van der Waals surface area contributed by atoms with Crippen LogP contribution >= 0.6 is 0 Å². The maximum Gasteiger partial charge on any atom is 0.326 e. The lowest BCUT2D eigenvalue weighted by atomic mass is 10.1. The van der Waals surface area contributed by atoms with Gasteiger partial charge in [0.25, 0.3) is 5.91 Å².